The molecule has 1 atom stereocenters. The number of hydrogen-bond acceptors (Lipinski definition) is 3. The summed E-state index contributed by atoms with van der Waals surface area (Å²) in [5.41, 5.74) is 1.44. The van der Waals surface area contributed by atoms with Gasteiger partial charge in [-0.25, -0.2) is 0 Å². The Morgan fingerprint density at radius 2 is 1.66 bits per heavy atom. The summed E-state index contributed by atoms with van der Waals surface area (Å²) in [7, 11) is 0. The molecule has 0 fully saturated rings. The lowest BCUT2D eigenvalue weighted by Crippen LogP contribution is -2.53. The maximum atomic E-state index is 13.3. The number of carbonyl (C=O) groups is 2. The lowest BCUT2D eigenvalue weighted by atomic mass is 10.1. The van der Waals surface area contributed by atoms with Crippen LogP contribution in [0.25, 0.3) is 0 Å². The van der Waals surface area contributed by atoms with Crippen molar-refractivity contribution in [2.45, 2.75) is 58.0 Å². The van der Waals surface area contributed by atoms with Crippen LogP contribution in [-0.2, 0) is 21.9 Å². The van der Waals surface area contributed by atoms with Crippen LogP contribution in [0.3, 0.4) is 0 Å². The van der Waals surface area contributed by atoms with Crippen LogP contribution in [0.1, 0.15) is 45.2 Å². The first kappa shape index (κ1) is 26.8. The molecule has 32 heavy (non-hydrogen) atoms. The lowest BCUT2D eigenvalue weighted by Gasteiger charge is -2.33. The molecular weight excluding hydrogens is 487 g/mol. The van der Waals surface area contributed by atoms with E-state index in [1.54, 1.807) is 29.2 Å². The van der Waals surface area contributed by atoms with Crippen LogP contribution < -0.4 is 5.32 Å². The van der Waals surface area contributed by atoms with E-state index in [0.29, 0.717) is 33.8 Å². The van der Waals surface area contributed by atoms with Crippen LogP contribution >= 0.6 is 46.6 Å². The van der Waals surface area contributed by atoms with Crippen LogP contribution in [0.4, 0.5) is 0 Å². The summed E-state index contributed by atoms with van der Waals surface area (Å²) in [4.78, 5) is 27.9. The van der Waals surface area contributed by atoms with Gasteiger partial charge >= 0.3 is 0 Å². The molecule has 4 nitrogen and oxygen atoms in total. The van der Waals surface area contributed by atoms with Gasteiger partial charge in [0.05, 0.1) is 5.75 Å². The highest BCUT2D eigenvalue weighted by Crippen LogP contribution is 2.25. The van der Waals surface area contributed by atoms with Gasteiger partial charge in [0.2, 0.25) is 11.8 Å². The normalized spacial score (nSPS) is 12.3. The minimum Gasteiger partial charge on any atom is -0.350 e. The van der Waals surface area contributed by atoms with E-state index in [9.17, 15) is 9.59 Å². The molecule has 0 aliphatic heterocycles. The fourth-order valence-corrected chi connectivity index (χ4v) is 4.72. The third kappa shape index (κ3) is 8.51. The number of carbonyl (C=O) groups excluding carboxylic acids is 2. The summed E-state index contributed by atoms with van der Waals surface area (Å²) >= 11 is 19.7. The molecule has 2 rings (SSSR count). The zero-order chi connectivity index (χ0) is 23.9. The van der Waals surface area contributed by atoms with Crippen molar-refractivity contribution in [3.8, 4) is 0 Å². The van der Waals surface area contributed by atoms with Gasteiger partial charge in [-0.1, -0.05) is 59.9 Å². The summed E-state index contributed by atoms with van der Waals surface area (Å²) in [6.45, 7) is 8.02. The Bertz CT molecular complexity index is 930. The van der Waals surface area contributed by atoms with Crippen molar-refractivity contribution in [1.82, 2.24) is 10.2 Å². The first-order chi connectivity index (χ1) is 15.0. The molecule has 0 saturated heterocycles. The Hall–Kier alpha value is -1.40. The molecule has 8 heteroatoms. The Morgan fingerprint density at radius 1 is 1.03 bits per heavy atom. The number of nitrogens with one attached hydrogen (secondary N) is 1. The zero-order valence-corrected chi connectivity index (χ0v) is 21.8. The van der Waals surface area contributed by atoms with E-state index in [1.807, 2.05) is 45.9 Å². The van der Waals surface area contributed by atoms with Crippen molar-refractivity contribution in [2.75, 3.05) is 5.75 Å². The van der Waals surface area contributed by atoms with Crippen LogP contribution in [0.2, 0.25) is 15.1 Å². The monoisotopic (exact) mass is 514 g/mol. The van der Waals surface area contributed by atoms with Crippen molar-refractivity contribution in [3.63, 3.8) is 0 Å². The van der Waals surface area contributed by atoms with Crippen LogP contribution in [0, 0.1) is 0 Å². The second-order valence-electron chi connectivity index (χ2n) is 8.54. The number of amides is 2. The molecule has 0 aliphatic rings. The standard InChI is InChI=1S/C24H29Cl3N2O2S/c1-5-21(23(31)28-24(2,3)4)29(13-16-6-9-18(25)10-7-16)22(30)15-32-14-17-8-11-19(26)12-20(17)27/h6-12,21H,5,13-15H2,1-4H3,(H,28,31)/t21-/m1/s1. The van der Waals surface area contributed by atoms with Gasteiger partial charge in [0.25, 0.3) is 0 Å². The quantitative estimate of drug-likeness (QED) is 0.409. The molecule has 174 valence electrons. The Morgan fingerprint density at radius 3 is 2.22 bits per heavy atom. The molecule has 1 N–H and O–H groups in total. The molecular formula is C24H29Cl3N2O2S. The predicted molar refractivity (Wildman–Crippen MR) is 137 cm³/mol. The molecule has 0 bridgehead atoms. The lowest BCUT2D eigenvalue weighted by molar-refractivity contribution is -0.140. The number of rotatable bonds is 9. The van der Waals surface area contributed by atoms with Gasteiger partial charge in [0.15, 0.2) is 0 Å². The molecule has 0 saturated carbocycles. The zero-order valence-electron chi connectivity index (χ0n) is 18.8. The molecule has 2 aromatic carbocycles. The molecule has 0 spiro atoms. The van der Waals surface area contributed by atoms with E-state index >= 15 is 0 Å². The van der Waals surface area contributed by atoms with Crippen molar-refractivity contribution in [3.05, 3.63) is 68.7 Å². The highest BCUT2D eigenvalue weighted by Gasteiger charge is 2.30. The summed E-state index contributed by atoms with van der Waals surface area (Å²) in [6.07, 6.45) is 0.509. The predicted octanol–water partition coefficient (Wildman–Crippen LogP) is 6.60. The van der Waals surface area contributed by atoms with Crippen LogP contribution in [0.15, 0.2) is 42.5 Å². The summed E-state index contributed by atoms with van der Waals surface area (Å²) < 4.78 is 0. The van der Waals surface area contributed by atoms with Gasteiger partial charge in [0.1, 0.15) is 6.04 Å². The highest BCUT2D eigenvalue weighted by molar-refractivity contribution is 7.99. The highest BCUT2D eigenvalue weighted by atomic mass is 35.5. The molecule has 2 aromatic rings. The smallest absolute Gasteiger partial charge is 0.243 e. The summed E-state index contributed by atoms with van der Waals surface area (Å²) in [6, 6.07) is 12.1. The summed E-state index contributed by atoms with van der Waals surface area (Å²) in [5, 5.41) is 4.78. The third-order valence-electron chi connectivity index (χ3n) is 4.65. The molecule has 0 unspecified atom stereocenters. The van der Waals surface area contributed by atoms with Gasteiger partial charge in [-0.3, -0.25) is 9.59 Å². The first-order valence-corrected chi connectivity index (χ1v) is 12.7. The third-order valence-corrected chi connectivity index (χ3v) is 6.45. The van der Waals surface area contributed by atoms with E-state index < -0.39 is 6.04 Å². The maximum Gasteiger partial charge on any atom is 0.243 e. The second kappa shape index (κ2) is 12.2. The fourth-order valence-electron chi connectivity index (χ4n) is 3.13. The number of nitrogens with zero attached hydrogens (tertiary/aromatic N) is 1. The van der Waals surface area contributed by atoms with E-state index in [0.717, 1.165) is 11.1 Å². The molecule has 0 aliphatic carbocycles. The number of hydrogen-bond donors (Lipinski definition) is 1. The molecule has 2 amide bonds. The number of benzene rings is 2. The second-order valence-corrected chi connectivity index (χ2v) is 10.8. The number of halogens is 3. The topological polar surface area (TPSA) is 49.4 Å². The van der Waals surface area contributed by atoms with Crippen molar-refractivity contribution in [1.29, 1.82) is 0 Å². The molecule has 0 aromatic heterocycles. The van der Waals surface area contributed by atoms with Gasteiger partial charge in [-0.2, -0.15) is 0 Å². The fraction of sp³-hybridized carbons (Fsp3) is 0.417. The van der Waals surface area contributed by atoms with E-state index in [-0.39, 0.29) is 23.1 Å². The van der Waals surface area contributed by atoms with Gasteiger partial charge in [-0.15, -0.1) is 11.8 Å². The first-order valence-electron chi connectivity index (χ1n) is 10.4. The molecule has 0 radical (unpaired) electrons. The van der Waals surface area contributed by atoms with Crippen molar-refractivity contribution < 1.29 is 9.59 Å². The van der Waals surface area contributed by atoms with Crippen LogP contribution in [0.5, 0.6) is 0 Å². The Balaban J connectivity index is 2.16. The average molecular weight is 516 g/mol. The van der Waals surface area contributed by atoms with E-state index in [4.69, 9.17) is 34.8 Å². The Kier molecular flexibility index (Phi) is 10.2. The SMILES string of the molecule is CC[C@H](C(=O)NC(C)(C)C)N(Cc1ccc(Cl)cc1)C(=O)CSCc1ccc(Cl)cc1Cl. The Labute approximate surface area is 210 Å². The van der Waals surface area contributed by atoms with Crippen molar-refractivity contribution in [2.24, 2.45) is 0 Å². The van der Waals surface area contributed by atoms with E-state index in [1.165, 1.54) is 11.8 Å². The van der Waals surface area contributed by atoms with Gasteiger partial charge in [0, 0.05) is 32.9 Å². The number of thioether (sulfide) groups is 1. The molecule has 0 heterocycles. The van der Waals surface area contributed by atoms with E-state index in [2.05, 4.69) is 5.32 Å². The minimum absolute atomic E-state index is 0.106. The van der Waals surface area contributed by atoms with Crippen LogP contribution in [-0.4, -0.2) is 34.0 Å². The average Bonchev–Trinajstić information content (AvgIpc) is 2.69. The van der Waals surface area contributed by atoms with Gasteiger partial charge in [-0.05, 0) is 62.6 Å². The van der Waals surface area contributed by atoms with Gasteiger partial charge < -0.3 is 10.2 Å². The van der Waals surface area contributed by atoms with Crippen molar-refractivity contribution >= 4 is 58.4 Å². The summed E-state index contributed by atoms with van der Waals surface area (Å²) in [5.74, 6) is 0.534. The largest absolute Gasteiger partial charge is 0.350 e. The maximum absolute atomic E-state index is 13.3. The minimum atomic E-state index is -0.572.